The van der Waals surface area contributed by atoms with E-state index in [-0.39, 0.29) is 5.82 Å². The largest absolute Gasteiger partial charge is 0.394 e. The van der Waals surface area contributed by atoms with Gasteiger partial charge in [-0.25, -0.2) is 9.18 Å². The SMILES string of the molecule is CC1(F)C(O)C(CO)OC1n1ccc(N)nc1=O. The second-order valence-corrected chi connectivity index (χ2v) is 4.35. The molecule has 0 aromatic carbocycles. The smallest absolute Gasteiger partial charge is 0.351 e. The third-order valence-electron chi connectivity index (χ3n) is 3.00. The summed E-state index contributed by atoms with van der Waals surface area (Å²) in [6.07, 6.45) is -2.74. The summed E-state index contributed by atoms with van der Waals surface area (Å²) in [5.41, 5.74) is 2.33. The highest BCUT2D eigenvalue weighted by Crippen LogP contribution is 2.40. The van der Waals surface area contributed by atoms with Crippen LogP contribution in [0.3, 0.4) is 0 Å². The molecule has 1 aliphatic heterocycles. The number of halogens is 1. The number of alkyl halides is 1. The van der Waals surface area contributed by atoms with Gasteiger partial charge in [-0.15, -0.1) is 0 Å². The lowest BCUT2D eigenvalue weighted by atomic mass is 9.98. The van der Waals surface area contributed by atoms with Crippen molar-refractivity contribution in [3.05, 3.63) is 22.7 Å². The van der Waals surface area contributed by atoms with Gasteiger partial charge in [0.2, 0.25) is 0 Å². The quantitative estimate of drug-likeness (QED) is 0.615. The summed E-state index contributed by atoms with van der Waals surface area (Å²) in [6.45, 7) is 0.551. The number of hydrogen-bond donors (Lipinski definition) is 3. The highest BCUT2D eigenvalue weighted by molar-refractivity contribution is 5.23. The summed E-state index contributed by atoms with van der Waals surface area (Å²) in [6, 6.07) is 1.32. The first-order valence-corrected chi connectivity index (χ1v) is 5.36. The standard InChI is InChI=1S/C10H14FN3O4/c1-10(11)7(16)5(4-15)18-8(10)14-3-2-6(12)13-9(14)17/h2-3,5,7-8,15-16H,4H2,1H3,(H2,12,13,17). The van der Waals surface area contributed by atoms with Crippen LogP contribution in [0.1, 0.15) is 13.2 Å². The van der Waals surface area contributed by atoms with Gasteiger partial charge in [-0.05, 0) is 13.0 Å². The summed E-state index contributed by atoms with van der Waals surface area (Å²) in [5.74, 6) is 0.00839. The number of aliphatic hydroxyl groups excluding tert-OH is 2. The van der Waals surface area contributed by atoms with Crippen molar-refractivity contribution < 1.29 is 19.3 Å². The van der Waals surface area contributed by atoms with E-state index in [4.69, 9.17) is 15.6 Å². The molecule has 1 aromatic heterocycles. The topological polar surface area (TPSA) is 111 Å². The highest BCUT2D eigenvalue weighted by Gasteiger charge is 2.55. The third kappa shape index (κ3) is 1.88. The highest BCUT2D eigenvalue weighted by atomic mass is 19.1. The molecular weight excluding hydrogens is 245 g/mol. The van der Waals surface area contributed by atoms with Crippen molar-refractivity contribution in [2.24, 2.45) is 0 Å². The lowest BCUT2D eigenvalue weighted by molar-refractivity contribution is -0.0610. The number of ether oxygens (including phenoxy) is 1. The first kappa shape index (κ1) is 12.9. The average Bonchev–Trinajstić information content (AvgIpc) is 2.52. The Bertz CT molecular complexity index is 504. The van der Waals surface area contributed by atoms with Gasteiger partial charge in [0, 0.05) is 6.20 Å². The Balaban J connectivity index is 2.42. The number of hydrogen-bond acceptors (Lipinski definition) is 6. The lowest BCUT2D eigenvalue weighted by Crippen LogP contribution is -2.42. The van der Waals surface area contributed by atoms with Gasteiger partial charge in [-0.1, -0.05) is 0 Å². The van der Waals surface area contributed by atoms with Gasteiger partial charge in [0.15, 0.2) is 11.9 Å². The molecule has 0 radical (unpaired) electrons. The lowest BCUT2D eigenvalue weighted by Gasteiger charge is -2.24. The Morgan fingerprint density at radius 1 is 1.72 bits per heavy atom. The molecule has 4 N–H and O–H groups in total. The Morgan fingerprint density at radius 3 is 2.89 bits per heavy atom. The van der Waals surface area contributed by atoms with Crippen LogP contribution in [-0.4, -0.2) is 44.2 Å². The number of nitrogen functional groups attached to an aromatic ring is 1. The molecule has 8 heteroatoms. The molecule has 1 aliphatic rings. The molecule has 100 valence electrons. The van der Waals surface area contributed by atoms with E-state index in [0.29, 0.717) is 0 Å². The van der Waals surface area contributed by atoms with Gasteiger partial charge in [0.25, 0.3) is 0 Å². The molecular formula is C10H14FN3O4. The molecule has 7 nitrogen and oxygen atoms in total. The molecule has 4 unspecified atom stereocenters. The van der Waals surface area contributed by atoms with Crippen molar-refractivity contribution in [1.29, 1.82) is 0 Å². The predicted octanol–water partition coefficient (Wildman–Crippen LogP) is -1.20. The van der Waals surface area contributed by atoms with Gasteiger partial charge in [0.05, 0.1) is 6.61 Å². The minimum absolute atomic E-state index is 0.00839. The summed E-state index contributed by atoms with van der Waals surface area (Å²) in [4.78, 5) is 15.1. The Labute approximate surface area is 102 Å². The fourth-order valence-corrected chi connectivity index (χ4v) is 1.97. The van der Waals surface area contributed by atoms with E-state index in [1.807, 2.05) is 0 Å². The van der Waals surface area contributed by atoms with Gasteiger partial charge in [-0.3, -0.25) is 4.57 Å². The molecule has 2 heterocycles. The Hall–Kier alpha value is -1.51. The maximum Gasteiger partial charge on any atom is 0.351 e. The molecule has 1 saturated heterocycles. The molecule has 4 atom stereocenters. The van der Waals surface area contributed by atoms with Crippen LogP contribution in [0.25, 0.3) is 0 Å². The number of rotatable bonds is 2. The van der Waals surface area contributed by atoms with Crippen LogP contribution >= 0.6 is 0 Å². The second-order valence-electron chi connectivity index (χ2n) is 4.35. The fraction of sp³-hybridized carbons (Fsp3) is 0.600. The molecule has 0 spiro atoms. The average molecular weight is 259 g/mol. The third-order valence-corrected chi connectivity index (χ3v) is 3.00. The maximum absolute atomic E-state index is 14.4. The van der Waals surface area contributed by atoms with E-state index in [0.717, 1.165) is 11.5 Å². The monoisotopic (exact) mass is 259 g/mol. The zero-order valence-electron chi connectivity index (χ0n) is 9.65. The van der Waals surface area contributed by atoms with Crippen LogP contribution in [0, 0.1) is 0 Å². The molecule has 1 aromatic rings. The summed E-state index contributed by atoms with van der Waals surface area (Å²) in [5, 5.41) is 18.6. The number of nitrogens with zero attached hydrogens (tertiary/aromatic N) is 2. The first-order chi connectivity index (χ1) is 8.37. The van der Waals surface area contributed by atoms with E-state index in [1.54, 1.807) is 0 Å². The van der Waals surface area contributed by atoms with Crippen LogP contribution < -0.4 is 11.4 Å². The van der Waals surface area contributed by atoms with Gasteiger partial charge < -0.3 is 20.7 Å². The van der Waals surface area contributed by atoms with Crippen LogP contribution in [0.4, 0.5) is 10.2 Å². The van der Waals surface area contributed by atoms with Crippen LogP contribution in [0.2, 0.25) is 0 Å². The van der Waals surface area contributed by atoms with Crippen molar-refractivity contribution in [3.63, 3.8) is 0 Å². The molecule has 0 bridgehead atoms. The minimum atomic E-state index is -2.21. The van der Waals surface area contributed by atoms with E-state index < -0.39 is 36.4 Å². The molecule has 18 heavy (non-hydrogen) atoms. The normalized spacial score (nSPS) is 35.9. The fourth-order valence-electron chi connectivity index (χ4n) is 1.97. The second kappa shape index (κ2) is 4.30. The summed E-state index contributed by atoms with van der Waals surface area (Å²) < 4.78 is 20.4. The molecule has 2 rings (SSSR count). The molecule has 0 aliphatic carbocycles. The molecule has 0 amide bonds. The zero-order valence-corrected chi connectivity index (χ0v) is 9.65. The van der Waals surface area contributed by atoms with E-state index in [9.17, 15) is 14.3 Å². The van der Waals surface area contributed by atoms with Crippen molar-refractivity contribution in [3.8, 4) is 0 Å². The number of nitrogens with two attached hydrogens (primary N) is 1. The Kier molecular flexibility index (Phi) is 3.09. The zero-order chi connectivity index (χ0) is 13.5. The summed E-state index contributed by atoms with van der Waals surface area (Å²) in [7, 11) is 0. The van der Waals surface area contributed by atoms with E-state index in [2.05, 4.69) is 4.98 Å². The van der Waals surface area contributed by atoms with Crippen molar-refractivity contribution >= 4 is 5.82 Å². The number of aliphatic hydroxyl groups is 2. The Morgan fingerprint density at radius 2 is 2.39 bits per heavy atom. The summed E-state index contributed by atoms with van der Waals surface area (Å²) >= 11 is 0. The van der Waals surface area contributed by atoms with Crippen molar-refractivity contribution in [1.82, 2.24) is 9.55 Å². The molecule has 0 saturated carbocycles. The van der Waals surface area contributed by atoms with Crippen molar-refractivity contribution in [2.75, 3.05) is 12.3 Å². The predicted molar refractivity (Wildman–Crippen MR) is 59.4 cm³/mol. The number of anilines is 1. The maximum atomic E-state index is 14.4. The van der Waals surface area contributed by atoms with Crippen LogP contribution in [0.5, 0.6) is 0 Å². The van der Waals surface area contributed by atoms with Crippen molar-refractivity contribution in [2.45, 2.75) is 31.0 Å². The number of aromatic nitrogens is 2. The molecule has 1 fully saturated rings. The van der Waals surface area contributed by atoms with E-state index >= 15 is 0 Å². The van der Waals surface area contributed by atoms with Gasteiger partial charge in [-0.2, -0.15) is 4.98 Å². The van der Waals surface area contributed by atoms with Gasteiger partial charge in [0.1, 0.15) is 18.0 Å². The van der Waals surface area contributed by atoms with Crippen LogP contribution in [-0.2, 0) is 4.74 Å². The van der Waals surface area contributed by atoms with Crippen LogP contribution in [0.15, 0.2) is 17.1 Å². The minimum Gasteiger partial charge on any atom is -0.394 e. The van der Waals surface area contributed by atoms with E-state index in [1.165, 1.54) is 12.3 Å². The van der Waals surface area contributed by atoms with Gasteiger partial charge >= 0.3 is 5.69 Å². The first-order valence-electron chi connectivity index (χ1n) is 5.36.